The van der Waals surface area contributed by atoms with E-state index in [1.54, 1.807) is 0 Å². The molecule has 1 aliphatic carbocycles. The summed E-state index contributed by atoms with van der Waals surface area (Å²) in [5.74, 6) is 7.68. The number of hydrogen-bond acceptors (Lipinski definition) is 3. The lowest BCUT2D eigenvalue weighted by atomic mass is 10.1. The smallest absolute Gasteiger partial charge is 0.212 e. The van der Waals surface area contributed by atoms with Gasteiger partial charge in [-0.3, -0.25) is 0 Å². The highest BCUT2D eigenvalue weighted by Gasteiger charge is 2.28. The average Bonchev–Trinajstić information content (AvgIpc) is 3.44. The van der Waals surface area contributed by atoms with Crippen LogP contribution in [-0.4, -0.2) is 20.8 Å². The van der Waals surface area contributed by atoms with Gasteiger partial charge >= 0.3 is 0 Å². The van der Waals surface area contributed by atoms with Crippen LogP contribution in [0.4, 0.5) is 0 Å². The molecule has 0 bridgehead atoms. The zero-order valence-corrected chi connectivity index (χ0v) is 16.6. The van der Waals surface area contributed by atoms with E-state index < -0.39 is 10.0 Å². The standard InChI is InChI=1S/C22H25NO3S/c1-3-26-22-14-10-19(11-15-22)5-4-18-8-12-21(13-9-18)17(2)23-27(24,25)16-20-6-7-20/h8-15,17,20,23H,3,6-7,16H2,1-2H3. The number of hydrogen-bond donors (Lipinski definition) is 1. The van der Waals surface area contributed by atoms with Gasteiger partial charge in [-0.15, -0.1) is 0 Å². The van der Waals surface area contributed by atoms with Crippen LogP contribution in [0, 0.1) is 17.8 Å². The molecule has 1 unspecified atom stereocenters. The second kappa shape index (κ2) is 8.60. The zero-order valence-electron chi connectivity index (χ0n) is 15.7. The first-order valence-electron chi connectivity index (χ1n) is 9.30. The van der Waals surface area contributed by atoms with Crippen LogP contribution in [0.2, 0.25) is 0 Å². The number of nitrogens with one attached hydrogen (secondary N) is 1. The summed E-state index contributed by atoms with van der Waals surface area (Å²) < 4.78 is 32.4. The van der Waals surface area contributed by atoms with Gasteiger partial charge in [0.2, 0.25) is 10.0 Å². The molecule has 0 spiro atoms. The molecule has 2 aromatic carbocycles. The first-order valence-corrected chi connectivity index (χ1v) is 11.0. The van der Waals surface area contributed by atoms with Crippen molar-refractivity contribution >= 4 is 10.0 Å². The zero-order chi connectivity index (χ0) is 19.3. The van der Waals surface area contributed by atoms with Crippen molar-refractivity contribution in [1.29, 1.82) is 0 Å². The van der Waals surface area contributed by atoms with Gasteiger partial charge in [0.05, 0.1) is 12.4 Å². The fraction of sp³-hybridized carbons (Fsp3) is 0.364. The largest absolute Gasteiger partial charge is 0.494 e. The van der Waals surface area contributed by atoms with Crippen LogP contribution < -0.4 is 9.46 Å². The molecule has 4 nitrogen and oxygen atoms in total. The van der Waals surface area contributed by atoms with Gasteiger partial charge < -0.3 is 4.74 Å². The summed E-state index contributed by atoms with van der Waals surface area (Å²) >= 11 is 0. The van der Waals surface area contributed by atoms with Crippen LogP contribution in [0.25, 0.3) is 0 Å². The molecule has 27 heavy (non-hydrogen) atoms. The predicted octanol–water partition coefficient (Wildman–Crippen LogP) is 3.88. The van der Waals surface area contributed by atoms with Crippen molar-refractivity contribution in [3.8, 4) is 17.6 Å². The summed E-state index contributed by atoms with van der Waals surface area (Å²) in [5.41, 5.74) is 2.74. The molecule has 1 aliphatic rings. The van der Waals surface area contributed by atoms with Crippen molar-refractivity contribution in [2.24, 2.45) is 5.92 Å². The molecular weight excluding hydrogens is 358 g/mol. The minimum atomic E-state index is -3.22. The van der Waals surface area contributed by atoms with Gasteiger partial charge in [0.1, 0.15) is 5.75 Å². The molecular formula is C22H25NO3S. The molecule has 3 rings (SSSR count). The molecule has 1 saturated carbocycles. The Morgan fingerprint density at radius 3 is 2.11 bits per heavy atom. The lowest BCUT2D eigenvalue weighted by molar-refractivity contribution is 0.340. The van der Waals surface area contributed by atoms with Gasteiger partial charge in [-0.05, 0) is 74.6 Å². The van der Waals surface area contributed by atoms with Gasteiger partial charge in [0.25, 0.3) is 0 Å². The molecule has 5 heteroatoms. The maximum Gasteiger partial charge on any atom is 0.212 e. The van der Waals surface area contributed by atoms with Crippen molar-refractivity contribution in [1.82, 2.24) is 4.72 Å². The summed E-state index contributed by atoms with van der Waals surface area (Å²) in [6.45, 7) is 4.47. The highest BCUT2D eigenvalue weighted by molar-refractivity contribution is 7.89. The van der Waals surface area contributed by atoms with E-state index >= 15 is 0 Å². The number of ether oxygens (including phenoxy) is 1. The number of benzene rings is 2. The summed E-state index contributed by atoms with van der Waals surface area (Å²) in [7, 11) is -3.22. The quantitative estimate of drug-likeness (QED) is 0.739. The third-order valence-electron chi connectivity index (χ3n) is 4.44. The summed E-state index contributed by atoms with van der Waals surface area (Å²) in [6.07, 6.45) is 2.05. The van der Waals surface area contributed by atoms with Crippen molar-refractivity contribution in [3.63, 3.8) is 0 Å². The van der Waals surface area contributed by atoms with Crippen molar-refractivity contribution in [2.75, 3.05) is 12.4 Å². The van der Waals surface area contributed by atoms with Gasteiger partial charge in [-0.2, -0.15) is 0 Å². The number of sulfonamides is 1. The van der Waals surface area contributed by atoms with Gasteiger partial charge in [-0.25, -0.2) is 13.1 Å². The highest BCUT2D eigenvalue weighted by Crippen LogP contribution is 2.30. The maximum absolute atomic E-state index is 12.1. The first kappa shape index (κ1) is 19.5. The van der Waals surface area contributed by atoms with Gasteiger partial charge in [-0.1, -0.05) is 24.0 Å². The minimum Gasteiger partial charge on any atom is -0.494 e. The second-order valence-corrected chi connectivity index (χ2v) is 8.69. The van der Waals surface area contributed by atoms with Gasteiger partial charge in [0, 0.05) is 17.2 Å². The topological polar surface area (TPSA) is 55.4 Å². The van der Waals surface area contributed by atoms with Crippen LogP contribution in [0.1, 0.15) is 49.4 Å². The van der Waals surface area contributed by atoms with E-state index in [-0.39, 0.29) is 11.8 Å². The maximum atomic E-state index is 12.1. The molecule has 2 aromatic rings. The van der Waals surface area contributed by atoms with Crippen molar-refractivity contribution in [3.05, 3.63) is 65.2 Å². The Kier molecular flexibility index (Phi) is 6.20. The summed E-state index contributed by atoms with van der Waals surface area (Å²) in [4.78, 5) is 0. The Balaban J connectivity index is 1.61. The molecule has 1 fully saturated rings. The SMILES string of the molecule is CCOc1ccc(C#Cc2ccc(C(C)NS(=O)(=O)CC3CC3)cc2)cc1. The molecule has 1 N–H and O–H groups in total. The Hall–Kier alpha value is -2.29. The van der Waals surface area contributed by atoms with E-state index in [0.29, 0.717) is 12.5 Å². The lowest BCUT2D eigenvalue weighted by Crippen LogP contribution is -2.29. The van der Waals surface area contributed by atoms with Gasteiger partial charge in [0.15, 0.2) is 0 Å². The van der Waals surface area contributed by atoms with Crippen LogP contribution in [0.3, 0.4) is 0 Å². The molecule has 0 heterocycles. The number of rotatable bonds is 7. The van der Waals surface area contributed by atoms with E-state index in [0.717, 1.165) is 35.3 Å². The molecule has 0 aliphatic heterocycles. The Morgan fingerprint density at radius 2 is 1.59 bits per heavy atom. The second-order valence-electron chi connectivity index (χ2n) is 6.89. The Bertz CT molecular complexity index is 918. The third-order valence-corrected chi connectivity index (χ3v) is 6.06. The van der Waals surface area contributed by atoms with Crippen LogP contribution in [0.15, 0.2) is 48.5 Å². The average molecular weight is 384 g/mol. The van der Waals surface area contributed by atoms with Crippen LogP contribution in [-0.2, 0) is 10.0 Å². The van der Waals surface area contributed by atoms with E-state index in [4.69, 9.17) is 4.74 Å². The molecule has 0 amide bonds. The van der Waals surface area contributed by atoms with Crippen molar-refractivity contribution in [2.45, 2.75) is 32.7 Å². The first-order chi connectivity index (χ1) is 12.9. The molecule has 142 valence electrons. The van der Waals surface area contributed by atoms with E-state index in [1.165, 1.54) is 0 Å². The predicted molar refractivity (Wildman–Crippen MR) is 108 cm³/mol. The molecule has 0 radical (unpaired) electrons. The van der Waals surface area contributed by atoms with Crippen LogP contribution >= 0.6 is 0 Å². The Morgan fingerprint density at radius 1 is 1.04 bits per heavy atom. The molecule has 0 aromatic heterocycles. The Labute approximate surface area is 162 Å². The summed E-state index contributed by atoms with van der Waals surface area (Å²) in [6, 6.07) is 15.1. The third kappa shape index (κ3) is 6.13. The minimum absolute atomic E-state index is 0.239. The van der Waals surface area contributed by atoms with E-state index in [2.05, 4.69) is 16.6 Å². The molecule has 1 atom stereocenters. The highest BCUT2D eigenvalue weighted by atomic mass is 32.2. The molecule has 0 saturated heterocycles. The summed E-state index contributed by atoms with van der Waals surface area (Å²) in [5, 5.41) is 0. The lowest BCUT2D eigenvalue weighted by Gasteiger charge is -2.14. The normalized spacial score (nSPS) is 14.9. The monoisotopic (exact) mass is 383 g/mol. The fourth-order valence-corrected chi connectivity index (χ4v) is 4.51. The van der Waals surface area contributed by atoms with E-state index in [9.17, 15) is 8.42 Å². The van der Waals surface area contributed by atoms with Crippen LogP contribution in [0.5, 0.6) is 5.75 Å². The van der Waals surface area contributed by atoms with E-state index in [1.807, 2.05) is 62.4 Å². The van der Waals surface area contributed by atoms with Crippen molar-refractivity contribution < 1.29 is 13.2 Å². The fourth-order valence-electron chi connectivity index (χ4n) is 2.78.